The molecule has 8 heteroatoms. The lowest BCUT2D eigenvalue weighted by Crippen LogP contribution is -2.42. The highest BCUT2D eigenvalue weighted by atomic mass is 79.9. The van der Waals surface area contributed by atoms with Crippen LogP contribution in [0.25, 0.3) is 0 Å². The van der Waals surface area contributed by atoms with Gasteiger partial charge in [-0.3, -0.25) is 9.10 Å². The van der Waals surface area contributed by atoms with Crippen molar-refractivity contribution in [1.82, 2.24) is 5.32 Å². The summed E-state index contributed by atoms with van der Waals surface area (Å²) >= 11 is 3.31. The maximum atomic E-state index is 13.3. The van der Waals surface area contributed by atoms with Crippen molar-refractivity contribution in [2.75, 3.05) is 18.0 Å². The van der Waals surface area contributed by atoms with Gasteiger partial charge in [-0.15, -0.1) is 0 Å². The van der Waals surface area contributed by atoms with E-state index in [-0.39, 0.29) is 23.4 Å². The molecule has 0 aliphatic carbocycles. The first-order valence-electron chi connectivity index (χ1n) is 8.37. The van der Waals surface area contributed by atoms with Crippen LogP contribution in [0.5, 0.6) is 5.75 Å². The minimum absolute atomic E-state index is 0.0631. The molecule has 1 amide bonds. The van der Waals surface area contributed by atoms with Crippen molar-refractivity contribution in [3.05, 3.63) is 52.5 Å². The third-order valence-electron chi connectivity index (χ3n) is 3.77. The summed E-state index contributed by atoms with van der Waals surface area (Å²) in [5.41, 5.74) is 1.42. The number of sulfonamides is 1. The second-order valence-corrected chi connectivity index (χ2v) is 9.08. The monoisotopic (exact) mass is 454 g/mol. The molecule has 0 unspecified atom stereocenters. The van der Waals surface area contributed by atoms with Crippen molar-refractivity contribution in [2.24, 2.45) is 0 Å². The standard InChI is InChI=1S/C19H23BrN2O4S/c1-13(2)21-19(23)12-22(15-7-5-14(3)6-8-15)27(24,25)16-9-10-18(26-4)17(20)11-16/h5-11,13H,12H2,1-4H3,(H,21,23). The van der Waals surface area contributed by atoms with Gasteiger partial charge in [-0.05, 0) is 67.0 Å². The van der Waals surface area contributed by atoms with E-state index in [9.17, 15) is 13.2 Å². The molecular weight excluding hydrogens is 432 g/mol. The number of hydrogen-bond acceptors (Lipinski definition) is 4. The Hall–Kier alpha value is -2.06. The van der Waals surface area contributed by atoms with Crippen molar-refractivity contribution in [1.29, 1.82) is 0 Å². The molecule has 0 spiro atoms. The van der Waals surface area contributed by atoms with E-state index >= 15 is 0 Å². The van der Waals surface area contributed by atoms with Gasteiger partial charge in [0, 0.05) is 6.04 Å². The first-order valence-corrected chi connectivity index (χ1v) is 10.6. The van der Waals surface area contributed by atoms with Crippen LogP contribution in [0.15, 0.2) is 51.8 Å². The van der Waals surface area contributed by atoms with Gasteiger partial charge in [-0.1, -0.05) is 17.7 Å². The van der Waals surface area contributed by atoms with Crippen LogP contribution in [0.3, 0.4) is 0 Å². The second kappa shape index (κ2) is 8.75. The van der Waals surface area contributed by atoms with E-state index in [2.05, 4.69) is 21.2 Å². The molecule has 2 aromatic carbocycles. The van der Waals surface area contributed by atoms with Gasteiger partial charge in [-0.25, -0.2) is 8.42 Å². The Balaban J connectivity index is 2.48. The number of carbonyl (C=O) groups excluding carboxylic acids is 1. The summed E-state index contributed by atoms with van der Waals surface area (Å²) in [6.45, 7) is 5.24. The van der Waals surface area contributed by atoms with Crippen LogP contribution in [0.1, 0.15) is 19.4 Å². The molecule has 0 atom stereocenters. The van der Waals surface area contributed by atoms with Gasteiger partial charge in [0.05, 0.1) is 22.2 Å². The number of carbonyl (C=O) groups is 1. The highest BCUT2D eigenvalue weighted by Crippen LogP contribution is 2.30. The maximum absolute atomic E-state index is 13.3. The highest BCUT2D eigenvalue weighted by Gasteiger charge is 2.28. The van der Waals surface area contributed by atoms with E-state index in [0.29, 0.717) is 15.9 Å². The molecular formula is C19H23BrN2O4S. The molecule has 6 nitrogen and oxygen atoms in total. The topological polar surface area (TPSA) is 75.7 Å². The average Bonchev–Trinajstić information content (AvgIpc) is 2.59. The third-order valence-corrected chi connectivity index (χ3v) is 6.16. The molecule has 0 bridgehead atoms. The SMILES string of the molecule is COc1ccc(S(=O)(=O)N(CC(=O)NC(C)C)c2ccc(C)cc2)cc1Br. The number of aryl methyl sites for hydroxylation is 1. The Labute approximate surface area is 168 Å². The van der Waals surface area contributed by atoms with E-state index in [1.807, 2.05) is 32.9 Å². The summed E-state index contributed by atoms with van der Waals surface area (Å²) in [6.07, 6.45) is 0. The van der Waals surface area contributed by atoms with Gasteiger partial charge >= 0.3 is 0 Å². The first-order chi connectivity index (χ1) is 12.6. The van der Waals surface area contributed by atoms with Gasteiger partial charge in [0.15, 0.2) is 0 Å². The number of amides is 1. The lowest BCUT2D eigenvalue weighted by Gasteiger charge is -2.25. The molecule has 0 radical (unpaired) electrons. The minimum atomic E-state index is -3.96. The predicted molar refractivity (Wildman–Crippen MR) is 110 cm³/mol. The summed E-state index contributed by atoms with van der Waals surface area (Å²) in [7, 11) is -2.46. The molecule has 0 aliphatic rings. The van der Waals surface area contributed by atoms with Crippen LogP contribution in [0.2, 0.25) is 0 Å². The number of ether oxygens (including phenoxy) is 1. The Kier molecular flexibility index (Phi) is 6.89. The fraction of sp³-hybridized carbons (Fsp3) is 0.316. The summed E-state index contributed by atoms with van der Waals surface area (Å²) in [6, 6.07) is 11.4. The molecule has 2 rings (SSSR count). The van der Waals surface area contributed by atoms with Crippen LogP contribution < -0.4 is 14.4 Å². The van der Waals surface area contributed by atoms with Crippen LogP contribution in [-0.2, 0) is 14.8 Å². The maximum Gasteiger partial charge on any atom is 0.264 e. The third kappa shape index (κ3) is 5.23. The van der Waals surface area contributed by atoms with Gasteiger partial charge in [0.2, 0.25) is 5.91 Å². The Bertz CT molecular complexity index is 912. The summed E-state index contributed by atoms with van der Waals surface area (Å²) in [4.78, 5) is 12.4. The van der Waals surface area contributed by atoms with Crippen molar-refractivity contribution >= 4 is 37.5 Å². The van der Waals surface area contributed by atoms with Crippen molar-refractivity contribution in [2.45, 2.75) is 31.7 Å². The van der Waals surface area contributed by atoms with Gasteiger partial charge in [0.25, 0.3) is 10.0 Å². The van der Waals surface area contributed by atoms with E-state index in [1.165, 1.54) is 19.2 Å². The van der Waals surface area contributed by atoms with E-state index in [0.717, 1.165) is 9.87 Å². The Morgan fingerprint density at radius 2 is 1.81 bits per heavy atom. The van der Waals surface area contributed by atoms with E-state index in [1.54, 1.807) is 18.2 Å². The van der Waals surface area contributed by atoms with Crippen LogP contribution in [0, 0.1) is 6.92 Å². The summed E-state index contributed by atoms with van der Waals surface area (Å²) < 4.78 is 33.3. The normalized spacial score (nSPS) is 11.3. The predicted octanol–water partition coefficient (Wildman–Crippen LogP) is 3.49. The molecule has 0 saturated carbocycles. The average molecular weight is 455 g/mol. The smallest absolute Gasteiger partial charge is 0.264 e. The zero-order chi connectivity index (χ0) is 20.2. The van der Waals surface area contributed by atoms with E-state index < -0.39 is 10.0 Å². The second-order valence-electron chi connectivity index (χ2n) is 6.37. The highest BCUT2D eigenvalue weighted by molar-refractivity contribution is 9.10. The summed E-state index contributed by atoms with van der Waals surface area (Å²) in [5, 5.41) is 2.73. The molecule has 2 aromatic rings. The number of benzene rings is 2. The lowest BCUT2D eigenvalue weighted by molar-refractivity contribution is -0.120. The summed E-state index contributed by atoms with van der Waals surface area (Å²) in [5.74, 6) is 0.148. The van der Waals surface area contributed by atoms with Crippen LogP contribution >= 0.6 is 15.9 Å². The number of hydrogen-bond donors (Lipinski definition) is 1. The van der Waals surface area contributed by atoms with Crippen molar-refractivity contribution < 1.29 is 17.9 Å². The molecule has 1 N–H and O–H groups in total. The Morgan fingerprint density at radius 1 is 1.19 bits per heavy atom. The number of nitrogens with one attached hydrogen (secondary N) is 1. The fourth-order valence-corrected chi connectivity index (χ4v) is 4.60. The number of methoxy groups -OCH3 is 1. The number of nitrogens with zero attached hydrogens (tertiary/aromatic N) is 1. The minimum Gasteiger partial charge on any atom is -0.496 e. The van der Waals surface area contributed by atoms with Gasteiger partial charge < -0.3 is 10.1 Å². The molecule has 27 heavy (non-hydrogen) atoms. The van der Waals surface area contributed by atoms with Gasteiger partial charge in [-0.2, -0.15) is 0 Å². The molecule has 146 valence electrons. The van der Waals surface area contributed by atoms with Crippen molar-refractivity contribution in [3.8, 4) is 5.75 Å². The lowest BCUT2D eigenvalue weighted by atomic mass is 10.2. The molecule has 0 heterocycles. The zero-order valence-electron chi connectivity index (χ0n) is 15.7. The van der Waals surface area contributed by atoms with Gasteiger partial charge in [0.1, 0.15) is 12.3 Å². The van der Waals surface area contributed by atoms with Crippen LogP contribution in [0.4, 0.5) is 5.69 Å². The quantitative estimate of drug-likeness (QED) is 0.694. The molecule has 0 aromatic heterocycles. The van der Waals surface area contributed by atoms with Crippen LogP contribution in [-0.4, -0.2) is 34.0 Å². The fourth-order valence-electron chi connectivity index (χ4n) is 2.46. The number of rotatable bonds is 7. The number of anilines is 1. The largest absolute Gasteiger partial charge is 0.496 e. The molecule has 0 saturated heterocycles. The van der Waals surface area contributed by atoms with Crippen molar-refractivity contribution in [3.63, 3.8) is 0 Å². The first kappa shape index (κ1) is 21.2. The van der Waals surface area contributed by atoms with E-state index in [4.69, 9.17) is 4.74 Å². The number of halogens is 1. The molecule has 0 aliphatic heterocycles. The molecule has 0 fully saturated rings. The zero-order valence-corrected chi connectivity index (χ0v) is 18.1. The Morgan fingerprint density at radius 3 is 2.33 bits per heavy atom.